The smallest absolute Gasteiger partial charge is 0.169 e. The first-order valence-electron chi connectivity index (χ1n) is 9.64. The quantitative estimate of drug-likeness (QED) is 0.711. The summed E-state index contributed by atoms with van der Waals surface area (Å²) in [5.74, 6) is 0.520. The summed E-state index contributed by atoms with van der Waals surface area (Å²) in [5, 5.41) is 10.7. The van der Waals surface area contributed by atoms with E-state index in [1.54, 1.807) is 26.0 Å². The van der Waals surface area contributed by atoms with Crippen molar-refractivity contribution >= 4 is 11.4 Å². The number of alkyl halides is 1. The van der Waals surface area contributed by atoms with Crippen LogP contribution in [0.5, 0.6) is 0 Å². The van der Waals surface area contributed by atoms with Gasteiger partial charge in [-0.05, 0) is 73.9 Å². The second-order valence-electron chi connectivity index (χ2n) is 8.41. The van der Waals surface area contributed by atoms with E-state index in [1.165, 1.54) is 0 Å². The molecule has 0 amide bonds. The zero-order valence-corrected chi connectivity index (χ0v) is 16.1. The topological polar surface area (TPSA) is 37.3 Å². The number of carbonyl (C=O) groups is 1. The van der Waals surface area contributed by atoms with Crippen molar-refractivity contribution in [2.75, 3.05) is 0 Å². The number of hydrogen-bond donors (Lipinski definition) is 1. The zero-order valence-electron chi connectivity index (χ0n) is 16.1. The molecule has 1 saturated carbocycles. The molecule has 0 radical (unpaired) electrons. The third kappa shape index (κ3) is 3.09. The fourth-order valence-electron chi connectivity index (χ4n) is 4.40. The minimum absolute atomic E-state index is 0.0509. The Labute approximate surface area is 159 Å². The average Bonchev–Trinajstić information content (AvgIpc) is 3.08. The van der Waals surface area contributed by atoms with Gasteiger partial charge in [-0.2, -0.15) is 0 Å². The summed E-state index contributed by atoms with van der Waals surface area (Å²) in [7, 11) is 0. The first kappa shape index (κ1) is 18.0. The molecule has 4 rings (SSSR count). The van der Waals surface area contributed by atoms with Gasteiger partial charge in [0.2, 0.25) is 0 Å². The molecule has 1 fully saturated rings. The highest BCUT2D eigenvalue weighted by molar-refractivity contribution is 6.23. The van der Waals surface area contributed by atoms with Crippen LogP contribution in [0.15, 0.2) is 48.2 Å². The van der Waals surface area contributed by atoms with E-state index in [1.807, 2.05) is 37.3 Å². The van der Waals surface area contributed by atoms with Crippen LogP contribution >= 0.6 is 0 Å². The molecule has 2 aliphatic rings. The molecule has 1 N–H and O–H groups in total. The van der Waals surface area contributed by atoms with Crippen LogP contribution in [-0.4, -0.2) is 10.9 Å². The summed E-state index contributed by atoms with van der Waals surface area (Å²) in [6, 6.07) is 13.4. The second kappa shape index (κ2) is 6.33. The molecule has 0 heterocycles. The van der Waals surface area contributed by atoms with Crippen LogP contribution in [0.1, 0.15) is 49.8 Å². The molecule has 2 nitrogen and oxygen atoms in total. The van der Waals surface area contributed by atoms with Gasteiger partial charge in [-0.1, -0.05) is 36.4 Å². The lowest BCUT2D eigenvalue weighted by Gasteiger charge is -2.23. The number of benzene rings is 2. The summed E-state index contributed by atoms with van der Waals surface area (Å²) in [5.41, 5.74) is 3.51. The van der Waals surface area contributed by atoms with Gasteiger partial charge in [-0.15, -0.1) is 0 Å². The fourth-order valence-corrected chi connectivity index (χ4v) is 4.40. The Kier molecular flexibility index (Phi) is 4.21. The molecule has 2 unspecified atom stereocenters. The van der Waals surface area contributed by atoms with E-state index in [9.17, 15) is 14.3 Å². The summed E-state index contributed by atoms with van der Waals surface area (Å²) < 4.78 is 14.1. The van der Waals surface area contributed by atoms with E-state index < -0.39 is 5.67 Å². The lowest BCUT2D eigenvalue weighted by Crippen LogP contribution is -2.21. The number of carbonyl (C=O) groups excluding carboxylic acids is 1. The number of fused-ring (bicyclic) bond motifs is 2. The number of aliphatic hydroxyl groups is 1. The van der Waals surface area contributed by atoms with Crippen molar-refractivity contribution in [3.8, 4) is 11.1 Å². The van der Waals surface area contributed by atoms with Crippen LogP contribution in [-0.2, 0) is 10.5 Å². The normalized spacial score (nSPS) is 22.4. The molecular formula is C24H25FO2. The van der Waals surface area contributed by atoms with Crippen LogP contribution in [0, 0.1) is 18.8 Å². The molecule has 0 saturated heterocycles. The monoisotopic (exact) mass is 364 g/mol. The first-order valence-corrected chi connectivity index (χ1v) is 9.64. The highest BCUT2D eigenvalue weighted by Crippen LogP contribution is 2.46. The molecule has 2 bridgehead atoms. The number of halogens is 1. The molecular weight excluding hydrogens is 339 g/mol. The predicted octanol–water partition coefficient (Wildman–Crippen LogP) is 6.13. The Hall–Kier alpha value is -2.42. The number of allylic oxidation sites excluding steroid dienone is 2. The van der Waals surface area contributed by atoms with E-state index in [0.29, 0.717) is 11.1 Å². The fraction of sp³-hybridized carbons (Fsp3) is 0.375. The second-order valence-corrected chi connectivity index (χ2v) is 8.41. The van der Waals surface area contributed by atoms with Gasteiger partial charge in [0.15, 0.2) is 5.78 Å². The van der Waals surface area contributed by atoms with Crippen molar-refractivity contribution in [1.29, 1.82) is 0 Å². The summed E-state index contributed by atoms with van der Waals surface area (Å²) in [6.07, 6.45) is 2.55. The van der Waals surface area contributed by atoms with Gasteiger partial charge in [-0.25, -0.2) is 4.39 Å². The van der Waals surface area contributed by atoms with Gasteiger partial charge in [0.1, 0.15) is 11.4 Å². The van der Waals surface area contributed by atoms with E-state index >= 15 is 0 Å². The number of aryl methyl sites for hydroxylation is 1. The summed E-state index contributed by atoms with van der Waals surface area (Å²) in [6.45, 7) is 5.06. The van der Waals surface area contributed by atoms with Crippen molar-refractivity contribution < 1.29 is 14.3 Å². The van der Waals surface area contributed by atoms with E-state index in [4.69, 9.17) is 0 Å². The van der Waals surface area contributed by atoms with Gasteiger partial charge in [0, 0.05) is 11.8 Å². The number of aliphatic hydroxyl groups excluding tert-OH is 1. The minimum atomic E-state index is -1.37. The van der Waals surface area contributed by atoms with E-state index in [0.717, 1.165) is 41.5 Å². The molecule has 2 atom stereocenters. The zero-order chi connectivity index (χ0) is 19.3. The minimum Gasteiger partial charge on any atom is -0.511 e. The van der Waals surface area contributed by atoms with Crippen LogP contribution in [0.25, 0.3) is 16.7 Å². The van der Waals surface area contributed by atoms with Crippen molar-refractivity contribution in [1.82, 2.24) is 0 Å². The Morgan fingerprint density at radius 3 is 2.30 bits per heavy atom. The van der Waals surface area contributed by atoms with Gasteiger partial charge in [0.05, 0.1) is 5.57 Å². The van der Waals surface area contributed by atoms with Gasteiger partial charge >= 0.3 is 0 Å². The van der Waals surface area contributed by atoms with Gasteiger partial charge in [-0.3, -0.25) is 4.79 Å². The largest absolute Gasteiger partial charge is 0.511 e. The Bertz CT molecular complexity index is 932. The highest BCUT2D eigenvalue weighted by Gasteiger charge is 2.41. The van der Waals surface area contributed by atoms with Crippen LogP contribution in [0.4, 0.5) is 4.39 Å². The van der Waals surface area contributed by atoms with Crippen LogP contribution < -0.4 is 0 Å². The molecule has 2 aromatic rings. The third-order valence-corrected chi connectivity index (χ3v) is 6.10. The average molecular weight is 364 g/mol. The molecule has 140 valence electrons. The molecule has 3 heteroatoms. The van der Waals surface area contributed by atoms with Crippen molar-refractivity contribution in [3.05, 3.63) is 64.9 Å². The molecule has 0 spiro atoms. The maximum atomic E-state index is 14.1. The Morgan fingerprint density at radius 2 is 1.63 bits per heavy atom. The number of Topliss-reactive ketones (excluding diaryl/α,β-unsaturated/α-hetero) is 1. The Morgan fingerprint density at radius 1 is 1.00 bits per heavy atom. The molecule has 27 heavy (non-hydrogen) atoms. The lowest BCUT2D eigenvalue weighted by molar-refractivity contribution is -0.117. The van der Waals surface area contributed by atoms with Crippen molar-refractivity contribution in [2.45, 2.75) is 45.7 Å². The molecule has 2 aromatic carbocycles. The highest BCUT2D eigenvalue weighted by atomic mass is 19.1. The summed E-state index contributed by atoms with van der Waals surface area (Å²) in [4.78, 5) is 12.9. The standard InChI is InChI=1S/C24H25FO2/c1-14-4-5-16(15-8-10-19(11-9-15)24(2,3)25)13-20(14)21-22(26)17-6-7-18(12-17)23(21)27/h4-5,8-11,13,17-18,26H,6-7,12H2,1-3H3. The van der Waals surface area contributed by atoms with E-state index in [2.05, 4.69) is 0 Å². The maximum absolute atomic E-state index is 14.1. The van der Waals surface area contributed by atoms with Gasteiger partial charge < -0.3 is 5.11 Å². The SMILES string of the molecule is Cc1ccc(-c2ccc(C(C)(C)F)cc2)cc1C1=C(O)C2CCC(C2)C1=O. The van der Waals surface area contributed by atoms with Crippen molar-refractivity contribution in [3.63, 3.8) is 0 Å². The summed E-state index contributed by atoms with van der Waals surface area (Å²) >= 11 is 0. The lowest BCUT2D eigenvalue weighted by atomic mass is 9.81. The number of rotatable bonds is 3. The molecule has 0 aliphatic heterocycles. The predicted molar refractivity (Wildman–Crippen MR) is 106 cm³/mol. The first-order chi connectivity index (χ1) is 12.8. The number of ketones is 1. The van der Waals surface area contributed by atoms with Gasteiger partial charge in [0.25, 0.3) is 0 Å². The maximum Gasteiger partial charge on any atom is 0.169 e. The Balaban J connectivity index is 1.77. The van der Waals surface area contributed by atoms with Crippen molar-refractivity contribution in [2.24, 2.45) is 11.8 Å². The number of hydrogen-bond acceptors (Lipinski definition) is 2. The van der Waals surface area contributed by atoms with Crippen LogP contribution in [0.3, 0.4) is 0 Å². The van der Waals surface area contributed by atoms with E-state index in [-0.39, 0.29) is 23.4 Å². The van der Waals surface area contributed by atoms with Crippen LogP contribution in [0.2, 0.25) is 0 Å². The third-order valence-electron chi connectivity index (χ3n) is 6.10. The molecule has 2 aliphatic carbocycles. The molecule has 0 aromatic heterocycles.